The number of hydrogen-bond donors (Lipinski definition) is 1. The summed E-state index contributed by atoms with van der Waals surface area (Å²) in [6.45, 7) is 8.76. The molecule has 4 rings (SSSR count). The van der Waals surface area contributed by atoms with Crippen molar-refractivity contribution >= 4 is 22.4 Å². The maximum atomic E-state index is 4.88. The van der Waals surface area contributed by atoms with Crippen LogP contribution in [0.15, 0.2) is 72.8 Å². The number of nitrogens with one attached hydrogen (secondary N) is 1. The van der Waals surface area contributed by atoms with E-state index >= 15 is 0 Å². The van der Waals surface area contributed by atoms with Gasteiger partial charge in [0.15, 0.2) is 5.82 Å². The molecule has 0 spiro atoms. The molecule has 0 aliphatic carbocycles. The summed E-state index contributed by atoms with van der Waals surface area (Å²) in [6.07, 6.45) is 0. The van der Waals surface area contributed by atoms with Gasteiger partial charge in [-0.15, -0.1) is 0 Å². The van der Waals surface area contributed by atoms with Gasteiger partial charge >= 0.3 is 0 Å². The van der Waals surface area contributed by atoms with Gasteiger partial charge in [-0.25, -0.2) is 9.97 Å². The topological polar surface area (TPSA) is 37.8 Å². The van der Waals surface area contributed by atoms with Gasteiger partial charge in [-0.2, -0.15) is 0 Å². The molecule has 0 aliphatic rings. The molecule has 3 aromatic carbocycles. The highest BCUT2D eigenvalue weighted by Gasteiger charge is 2.15. The predicted octanol–water partition coefficient (Wildman–Crippen LogP) is 6.65. The van der Waals surface area contributed by atoms with Crippen LogP contribution in [-0.4, -0.2) is 9.97 Å². The largest absolute Gasteiger partial charge is 0.339 e. The van der Waals surface area contributed by atoms with Crippen LogP contribution in [0.5, 0.6) is 0 Å². The lowest BCUT2D eigenvalue weighted by molar-refractivity contribution is 0.590. The van der Waals surface area contributed by atoms with Crippen LogP contribution in [0.4, 0.5) is 11.5 Å². The second-order valence-electron chi connectivity index (χ2n) is 8.18. The van der Waals surface area contributed by atoms with Crippen molar-refractivity contribution in [1.82, 2.24) is 9.97 Å². The van der Waals surface area contributed by atoms with E-state index in [4.69, 9.17) is 9.97 Å². The van der Waals surface area contributed by atoms with E-state index in [9.17, 15) is 0 Å². The first-order valence-electron chi connectivity index (χ1n) is 9.62. The molecule has 0 saturated heterocycles. The SMILES string of the molecule is Cc1ccccc1Nc1nc(-c2ccc(C(C)(C)C)cc2)nc2ccccc12. The lowest BCUT2D eigenvalue weighted by Crippen LogP contribution is -2.10. The molecule has 0 atom stereocenters. The first kappa shape index (κ1) is 18.2. The van der Waals surface area contributed by atoms with Crippen molar-refractivity contribution in [2.24, 2.45) is 0 Å². The van der Waals surface area contributed by atoms with Gasteiger partial charge in [-0.05, 0) is 41.7 Å². The fourth-order valence-corrected chi connectivity index (χ4v) is 3.26. The molecule has 28 heavy (non-hydrogen) atoms. The molecule has 4 aromatic rings. The van der Waals surface area contributed by atoms with Gasteiger partial charge in [0.2, 0.25) is 0 Å². The Morgan fingerprint density at radius 2 is 1.43 bits per heavy atom. The van der Waals surface area contributed by atoms with E-state index in [0.29, 0.717) is 0 Å². The molecular formula is C25H25N3. The number of anilines is 2. The maximum Gasteiger partial charge on any atom is 0.162 e. The molecule has 1 aromatic heterocycles. The third kappa shape index (κ3) is 3.61. The molecule has 3 heteroatoms. The Morgan fingerprint density at radius 1 is 0.750 bits per heavy atom. The number of nitrogens with zero attached hydrogens (tertiary/aromatic N) is 2. The monoisotopic (exact) mass is 367 g/mol. The third-order valence-corrected chi connectivity index (χ3v) is 5.01. The van der Waals surface area contributed by atoms with E-state index in [1.54, 1.807) is 0 Å². The zero-order valence-corrected chi connectivity index (χ0v) is 16.8. The Kier molecular flexibility index (Phi) is 4.60. The molecule has 3 nitrogen and oxygen atoms in total. The molecule has 1 heterocycles. The van der Waals surface area contributed by atoms with Gasteiger partial charge in [0.1, 0.15) is 5.82 Å². The lowest BCUT2D eigenvalue weighted by Gasteiger charge is -2.19. The summed E-state index contributed by atoms with van der Waals surface area (Å²) in [7, 11) is 0. The normalized spacial score (nSPS) is 11.6. The molecule has 0 aliphatic heterocycles. The molecule has 1 N–H and O–H groups in total. The summed E-state index contributed by atoms with van der Waals surface area (Å²) in [6, 6.07) is 24.9. The second-order valence-corrected chi connectivity index (χ2v) is 8.18. The van der Waals surface area contributed by atoms with E-state index in [1.807, 2.05) is 30.3 Å². The molecule has 140 valence electrons. The summed E-state index contributed by atoms with van der Waals surface area (Å²) in [4.78, 5) is 9.69. The Balaban J connectivity index is 1.81. The highest BCUT2D eigenvalue weighted by atomic mass is 15.0. The van der Waals surface area contributed by atoms with Gasteiger partial charge in [0.05, 0.1) is 5.52 Å². The lowest BCUT2D eigenvalue weighted by atomic mass is 9.87. The predicted molar refractivity (Wildman–Crippen MR) is 118 cm³/mol. The zero-order valence-electron chi connectivity index (χ0n) is 16.8. The van der Waals surface area contributed by atoms with Crippen LogP contribution in [0.25, 0.3) is 22.3 Å². The van der Waals surface area contributed by atoms with Crippen molar-refractivity contribution in [2.75, 3.05) is 5.32 Å². The van der Waals surface area contributed by atoms with E-state index < -0.39 is 0 Å². The number of aromatic nitrogens is 2. The molecule has 0 fully saturated rings. The zero-order chi connectivity index (χ0) is 19.7. The molecule has 0 unspecified atom stereocenters. The third-order valence-electron chi connectivity index (χ3n) is 5.01. The fourth-order valence-electron chi connectivity index (χ4n) is 3.26. The van der Waals surface area contributed by atoms with Crippen LogP contribution in [0.3, 0.4) is 0 Å². The van der Waals surface area contributed by atoms with Crippen molar-refractivity contribution in [3.8, 4) is 11.4 Å². The van der Waals surface area contributed by atoms with Crippen LogP contribution < -0.4 is 5.32 Å². The van der Waals surface area contributed by atoms with E-state index in [2.05, 4.69) is 75.5 Å². The average Bonchev–Trinajstić information content (AvgIpc) is 2.69. The summed E-state index contributed by atoms with van der Waals surface area (Å²) in [5, 5.41) is 4.52. The van der Waals surface area contributed by atoms with E-state index in [-0.39, 0.29) is 5.41 Å². The molecular weight excluding hydrogens is 342 g/mol. The maximum absolute atomic E-state index is 4.88. The number of aryl methyl sites for hydroxylation is 1. The first-order chi connectivity index (χ1) is 13.4. The van der Waals surface area contributed by atoms with Crippen LogP contribution in [0.2, 0.25) is 0 Å². The van der Waals surface area contributed by atoms with E-state index in [0.717, 1.165) is 33.8 Å². The second kappa shape index (κ2) is 7.08. The van der Waals surface area contributed by atoms with E-state index in [1.165, 1.54) is 11.1 Å². The molecule has 0 bridgehead atoms. The minimum absolute atomic E-state index is 0.125. The van der Waals surface area contributed by atoms with Gasteiger partial charge in [0, 0.05) is 16.6 Å². The first-order valence-corrected chi connectivity index (χ1v) is 9.62. The van der Waals surface area contributed by atoms with Gasteiger partial charge < -0.3 is 5.32 Å². The molecule has 0 radical (unpaired) electrons. The van der Waals surface area contributed by atoms with Crippen LogP contribution >= 0.6 is 0 Å². The summed E-state index contributed by atoms with van der Waals surface area (Å²) < 4.78 is 0. The highest BCUT2D eigenvalue weighted by molar-refractivity contribution is 5.92. The Labute approximate surface area is 166 Å². The Hall–Kier alpha value is -3.20. The number of fused-ring (bicyclic) bond motifs is 1. The van der Waals surface area contributed by atoms with Crippen molar-refractivity contribution in [3.05, 3.63) is 83.9 Å². The number of hydrogen-bond acceptors (Lipinski definition) is 3. The van der Waals surface area contributed by atoms with Crippen molar-refractivity contribution in [1.29, 1.82) is 0 Å². The van der Waals surface area contributed by atoms with Crippen LogP contribution in [-0.2, 0) is 5.41 Å². The smallest absolute Gasteiger partial charge is 0.162 e. The minimum Gasteiger partial charge on any atom is -0.339 e. The number of benzene rings is 3. The average molecular weight is 367 g/mol. The Bertz CT molecular complexity index is 1120. The van der Waals surface area contributed by atoms with Crippen molar-refractivity contribution in [2.45, 2.75) is 33.1 Å². The Morgan fingerprint density at radius 3 is 2.14 bits per heavy atom. The highest BCUT2D eigenvalue weighted by Crippen LogP contribution is 2.29. The van der Waals surface area contributed by atoms with Gasteiger partial charge in [0.25, 0.3) is 0 Å². The number of rotatable bonds is 3. The standard InChI is InChI=1S/C25H25N3/c1-17-9-5-7-11-21(17)26-24-20-10-6-8-12-22(20)27-23(28-24)18-13-15-19(16-14-18)25(2,3)4/h5-16H,1-4H3,(H,26,27,28). The summed E-state index contributed by atoms with van der Waals surface area (Å²) >= 11 is 0. The van der Waals surface area contributed by atoms with Gasteiger partial charge in [-0.1, -0.05) is 75.4 Å². The molecule has 0 saturated carbocycles. The quantitative estimate of drug-likeness (QED) is 0.441. The number of para-hydroxylation sites is 2. The van der Waals surface area contributed by atoms with Crippen LogP contribution in [0.1, 0.15) is 31.9 Å². The van der Waals surface area contributed by atoms with Crippen LogP contribution in [0, 0.1) is 6.92 Å². The summed E-state index contributed by atoms with van der Waals surface area (Å²) in [5.74, 6) is 1.56. The molecule has 0 amide bonds. The van der Waals surface area contributed by atoms with Gasteiger partial charge in [-0.3, -0.25) is 0 Å². The fraction of sp³-hybridized carbons (Fsp3) is 0.200. The van der Waals surface area contributed by atoms with Crippen molar-refractivity contribution in [3.63, 3.8) is 0 Å². The minimum atomic E-state index is 0.125. The van der Waals surface area contributed by atoms with Crippen molar-refractivity contribution < 1.29 is 0 Å². The summed E-state index contributed by atoms with van der Waals surface area (Å²) in [5.41, 5.74) is 5.62.